The topological polar surface area (TPSA) is 33.3 Å². The van der Waals surface area contributed by atoms with Crippen molar-refractivity contribution in [3.63, 3.8) is 0 Å². The van der Waals surface area contributed by atoms with Crippen LogP contribution < -0.4 is 10.6 Å². The van der Waals surface area contributed by atoms with Crippen molar-refractivity contribution in [1.29, 1.82) is 0 Å². The van der Waals surface area contributed by atoms with Crippen LogP contribution in [-0.4, -0.2) is 37.1 Å². The van der Waals surface area contributed by atoms with Gasteiger partial charge in [0.1, 0.15) is 6.61 Å². The van der Waals surface area contributed by atoms with Gasteiger partial charge in [0, 0.05) is 24.4 Å². The van der Waals surface area contributed by atoms with Crippen molar-refractivity contribution in [3.05, 3.63) is 0 Å². The second-order valence-electron chi connectivity index (χ2n) is 5.23. The number of nitrogens with one attached hydrogen (secondary N) is 2. The number of ether oxygens (including phenoxy) is 1. The minimum atomic E-state index is 0.464. The van der Waals surface area contributed by atoms with Crippen LogP contribution in [0, 0.1) is 30.1 Å². The lowest BCUT2D eigenvalue weighted by molar-refractivity contribution is 0.0917. The first kappa shape index (κ1) is 11.9. The van der Waals surface area contributed by atoms with Crippen LogP contribution in [0.15, 0.2) is 0 Å². The van der Waals surface area contributed by atoms with E-state index in [1.165, 1.54) is 12.8 Å². The zero-order valence-electron chi connectivity index (χ0n) is 10.0. The molecule has 3 aliphatic rings. The Morgan fingerprint density at radius 1 is 1.41 bits per heavy atom. The summed E-state index contributed by atoms with van der Waals surface area (Å²) in [6.45, 7) is 3.45. The Morgan fingerprint density at radius 3 is 3.24 bits per heavy atom. The van der Waals surface area contributed by atoms with Gasteiger partial charge in [0.05, 0.1) is 12.0 Å². The smallest absolute Gasteiger partial charge is 0.107 e. The molecule has 5 atom stereocenters. The lowest BCUT2D eigenvalue weighted by Gasteiger charge is -2.32. The van der Waals surface area contributed by atoms with Gasteiger partial charge in [-0.05, 0) is 24.7 Å². The lowest BCUT2D eigenvalue weighted by Crippen LogP contribution is -2.50. The van der Waals surface area contributed by atoms with Crippen LogP contribution in [0.4, 0.5) is 0 Å². The van der Waals surface area contributed by atoms with E-state index in [9.17, 15) is 0 Å². The number of thioether (sulfide) groups is 1. The Labute approximate surface area is 107 Å². The molecule has 4 heteroatoms. The predicted octanol–water partition coefficient (Wildman–Crippen LogP) is 0.870. The molecule has 3 rings (SSSR count). The van der Waals surface area contributed by atoms with Gasteiger partial charge in [-0.3, -0.25) is 5.32 Å². The summed E-state index contributed by atoms with van der Waals surface area (Å²) in [4.78, 5) is 0. The second kappa shape index (κ2) is 5.19. The molecule has 2 heterocycles. The number of hydrogen-bond acceptors (Lipinski definition) is 4. The highest BCUT2D eigenvalue weighted by atomic mass is 32.2. The molecule has 4 unspecified atom stereocenters. The molecule has 1 saturated carbocycles. The van der Waals surface area contributed by atoms with Crippen LogP contribution in [0.25, 0.3) is 0 Å². The second-order valence-corrected chi connectivity index (χ2v) is 6.61. The van der Waals surface area contributed by atoms with E-state index >= 15 is 0 Å². The zero-order chi connectivity index (χ0) is 11.7. The molecule has 94 valence electrons. The summed E-state index contributed by atoms with van der Waals surface area (Å²) in [6.07, 6.45) is 7.90. The quantitative estimate of drug-likeness (QED) is 0.577. The molecule has 0 spiro atoms. The molecule has 17 heavy (non-hydrogen) atoms. The van der Waals surface area contributed by atoms with Gasteiger partial charge >= 0.3 is 0 Å². The monoisotopic (exact) mass is 252 g/mol. The van der Waals surface area contributed by atoms with Crippen molar-refractivity contribution in [2.24, 2.45) is 17.8 Å². The largest absolute Gasteiger partial charge is 0.368 e. The molecule has 0 aromatic heterocycles. The first-order valence-corrected chi connectivity index (χ1v) is 7.45. The Kier molecular flexibility index (Phi) is 3.62. The van der Waals surface area contributed by atoms with Gasteiger partial charge in [-0.1, -0.05) is 5.92 Å². The number of rotatable bonds is 3. The SMILES string of the molecule is C#CCOC[C@H]1CCC2SC3NCNCC3C21. The number of terminal acetylenes is 1. The molecule has 0 bridgehead atoms. The zero-order valence-corrected chi connectivity index (χ0v) is 10.8. The summed E-state index contributed by atoms with van der Waals surface area (Å²) in [5, 5.41) is 8.55. The summed E-state index contributed by atoms with van der Waals surface area (Å²) >= 11 is 2.16. The van der Waals surface area contributed by atoms with Crippen molar-refractivity contribution in [1.82, 2.24) is 10.6 Å². The van der Waals surface area contributed by atoms with Gasteiger partial charge in [-0.15, -0.1) is 18.2 Å². The maximum atomic E-state index is 5.57. The maximum absolute atomic E-state index is 5.57. The maximum Gasteiger partial charge on any atom is 0.107 e. The molecule has 0 aromatic rings. The lowest BCUT2D eigenvalue weighted by atomic mass is 9.83. The Bertz CT molecular complexity index is 317. The first-order valence-electron chi connectivity index (χ1n) is 6.51. The summed E-state index contributed by atoms with van der Waals surface area (Å²) in [7, 11) is 0. The van der Waals surface area contributed by atoms with E-state index in [-0.39, 0.29) is 0 Å². The molecule has 1 aliphatic carbocycles. The Morgan fingerprint density at radius 2 is 2.35 bits per heavy atom. The number of fused-ring (bicyclic) bond motifs is 3. The fraction of sp³-hybridized carbons (Fsp3) is 0.846. The fourth-order valence-electron chi connectivity index (χ4n) is 3.66. The van der Waals surface area contributed by atoms with Gasteiger partial charge < -0.3 is 10.1 Å². The van der Waals surface area contributed by atoms with Crippen LogP contribution in [-0.2, 0) is 4.74 Å². The van der Waals surface area contributed by atoms with E-state index in [0.29, 0.717) is 12.0 Å². The Hall–Kier alpha value is -0.210. The van der Waals surface area contributed by atoms with Gasteiger partial charge in [0.25, 0.3) is 0 Å². The average Bonchev–Trinajstić information content (AvgIpc) is 2.89. The van der Waals surface area contributed by atoms with Crippen LogP contribution in [0.1, 0.15) is 12.8 Å². The average molecular weight is 252 g/mol. The third-order valence-electron chi connectivity index (χ3n) is 4.33. The van der Waals surface area contributed by atoms with E-state index in [1.54, 1.807) is 0 Å². The first-order chi connectivity index (χ1) is 8.40. The highest BCUT2D eigenvalue weighted by Gasteiger charge is 2.51. The number of hydrogen-bond donors (Lipinski definition) is 2. The van der Waals surface area contributed by atoms with E-state index < -0.39 is 0 Å². The van der Waals surface area contributed by atoms with E-state index in [2.05, 4.69) is 28.3 Å². The van der Waals surface area contributed by atoms with Crippen LogP contribution in [0.3, 0.4) is 0 Å². The van der Waals surface area contributed by atoms with Gasteiger partial charge in [0.15, 0.2) is 0 Å². The summed E-state index contributed by atoms with van der Waals surface area (Å²) in [6, 6.07) is 0. The fourth-order valence-corrected chi connectivity index (χ4v) is 5.57. The third kappa shape index (κ3) is 2.22. The van der Waals surface area contributed by atoms with Crippen LogP contribution >= 0.6 is 11.8 Å². The Balaban J connectivity index is 1.62. The third-order valence-corrected chi connectivity index (χ3v) is 6.03. The standard InChI is InChI=1S/C13H20N2OS/c1-2-5-16-7-9-3-4-11-12(9)10-6-14-8-15-13(10)17-11/h1,9-15H,3-8H2/t9-,10?,11?,12?,13?/m1/s1. The van der Waals surface area contributed by atoms with E-state index in [4.69, 9.17) is 11.2 Å². The molecular formula is C13H20N2OS. The van der Waals surface area contributed by atoms with Crippen molar-refractivity contribution >= 4 is 11.8 Å². The molecule has 3 nitrogen and oxygen atoms in total. The minimum absolute atomic E-state index is 0.464. The van der Waals surface area contributed by atoms with Crippen molar-refractivity contribution in [3.8, 4) is 12.3 Å². The summed E-state index contributed by atoms with van der Waals surface area (Å²) in [5.41, 5.74) is 0. The van der Waals surface area contributed by atoms with Gasteiger partial charge in [-0.25, -0.2) is 0 Å². The molecular weight excluding hydrogens is 232 g/mol. The van der Waals surface area contributed by atoms with Gasteiger partial charge in [-0.2, -0.15) is 0 Å². The van der Waals surface area contributed by atoms with Crippen LogP contribution in [0.2, 0.25) is 0 Å². The molecule has 2 N–H and O–H groups in total. The van der Waals surface area contributed by atoms with Crippen molar-refractivity contribution in [2.75, 3.05) is 26.4 Å². The summed E-state index contributed by atoms with van der Waals surface area (Å²) in [5.74, 6) is 4.88. The highest BCUT2D eigenvalue weighted by Crippen LogP contribution is 2.53. The van der Waals surface area contributed by atoms with E-state index in [1.807, 2.05) is 0 Å². The molecule has 0 amide bonds. The van der Waals surface area contributed by atoms with Gasteiger partial charge in [0.2, 0.25) is 0 Å². The van der Waals surface area contributed by atoms with Crippen molar-refractivity contribution in [2.45, 2.75) is 23.5 Å². The molecule has 3 fully saturated rings. The normalized spacial score (nSPS) is 44.1. The molecule has 0 aromatic carbocycles. The molecule has 2 saturated heterocycles. The molecule has 2 aliphatic heterocycles. The molecule has 0 radical (unpaired) electrons. The highest BCUT2D eigenvalue weighted by molar-refractivity contribution is 8.00. The van der Waals surface area contributed by atoms with Crippen molar-refractivity contribution < 1.29 is 4.74 Å². The minimum Gasteiger partial charge on any atom is -0.368 e. The summed E-state index contributed by atoms with van der Waals surface area (Å²) < 4.78 is 5.57. The van der Waals surface area contributed by atoms with E-state index in [0.717, 1.165) is 42.8 Å². The predicted molar refractivity (Wildman–Crippen MR) is 70.5 cm³/mol. The van der Waals surface area contributed by atoms with Crippen LogP contribution in [0.5, 0.6) is 0 Å².